The van der Waals surface area contributed by atoms with Gasteiger partial charge in [-0.15, -0.1) is 0 Å². The van der Waals surface area contributed by atoms with E-state index in [4.69, 9.17) is 0 Å². The van der Waals surface area contributed by atoms with Crippen molar-refractivity contribution in [2.24, 2.45) is 11.3 Å². The monoisotopic (exact) mass is 240 g/mol. The molecular weight excluding hydrogens is 208 g/mol. The molecule has 0 aromatic rings. The van der Waals surface area contributed by atoms with Crippen molar-refractivity contribution in [1.82, 2.24) is 10.2 Å². The molecule has 0 saturated heterocycles. The Morgan fingerprint density at radius 3 is 2.18 bits per heavy atom. The lowest BCUT2D eigenvalue weighted by Gasteiger charge is -2.37. The summed E-state index contributed by atoms with van der Waals surface area (Å²) in [4.78, 5) is 2.66. The van der Waals surface area contributed by atoms with Crippen molar-refractivity contribution in [1.29, 1.82) is 0 Å². The van der Waals surface area contributed by atoms with Crippen molar-refractivity contribution in [3.8, 4) is 0 Å². The fraction of sp³-hybridized carbons (Fsp3) is 1.00. The fourth-order valence-corrected chi connectivity index (χ4v) is 2.25. The molecule has 2 heteroatoms. The molecule has 1 saturated carbocycles. The molecule has 0 bridgehead atoms. The normalized spacial score (nSPS) is 19.1. The maximum atomic E-state index is 3.66. The summed E-state index contributed by atoms with van der Waals surface area (Å²) in [7, 11) is 0. The third-order valence-corrected chi connectivity index (χ3v) is 3.83. The molecule has 0 aromatic carbocycles. The summed E-state index contributed by atoms with van der Waals surface area (Å²) in [6, 6.07) is 1.26. The van der Waals surface area contributed by atoms with Crippen molar-refractivity contribution in [3.05, 3.63) is 0 Å². The van der Waals surface area contributed by atoms with Crippen molar-refractivity contribution < 1.29 is 0 Å². The van der Waals surface area contributed by atoms with Crippen molar-refractivity contribution in [2.75, 3.05) is 19.6 Å². The van der Waals surface area contributed by atoms with Crippen LogP contribution in [0.4, 0.5) is 0 Å². The number of hydrogen-bond acceptors (Lipinski definition) is 2. The molecule has 0 spiro atoms. The summed E-state index contributed by atoms with van der Waals surface area (Å²) in [5, 5.41) is 3.66. The summed E-state index contributed by atoms with van der Waals surface area (Å²) in [5.74, 6) is 0.986. The Kier molecular flexibility index (Phi) is 5.46. The van der Waals surface area contributed by atoms with Crippen molar-refractivity contribution in [2.45, 2.75) is 66.5 Å². The molecule has 102 valence electrons. The predicted octanol–water partition coefficient (Wildman–Crippen LogP) is 3.13. The lowest BCUT2D eigenvalue weighted by atomic mass is 9.86. The van der Waals surface area contributed by atoms with Gasteiger partial charge in [0, 0.05) is 25.2 Å². The first-order chi connectivity index (χ1) is 7.84. The molecule has 1 rings (SSSR count). The molecule has 1 fully saturated rings. The van der Waals surface area contributed by atoms with E-state index in [1.807, 2.05) is 0 Å². The van der Waals surface area contributed by atoms with Crippen LogP contribution in [0.15, 0.2) is 0 Å². The molecule has 1 aliphatic carbocycles. The number of rotatable bonds is 7. The highest BCUT2D eigenvalue weighted by atomic mass is 15.2. The highest BCUT2D eigenvalue weighted by molar-refractivity contribution is 4.86. The lowest BCUT2D eigenvalue weighted by Crippen LogP contribution is -2.50. The average Bonchev–Trinajstić information content (AvgIpc) is 2.97. The maximum absolute atomic E-state index is 3.66. The zero-order chi connectivity index (χ0) is 13.1. The van der Waals surface area contributed by atoms with Crippen LogP contribution in [0.3, 0.4) is 0 Å². The van der Waals surface area contributed by atoms with Gasteiger partial charge in [0.25, 0.3) is 0 Å². The van der Waals surface area contributed by atoms with Crippen LogP contribution >= 0.6 is 0 Å². The van der Waals surface area contributed by atoms with Crippen molar-refractivity contribution in [3.63, 3.8) is 0 Å². The lowest BCUT2D eigenvalue weighted by molar-refractivity contribution is 0.142. The Balaban J connectivity index is 2.53. The largest absolute Gasteiger partial charge is 0.312 e. The first kappa shape index (κ1) is 15.0. The molecule has 0 radical (unpaired) electrons. The van der Waals surface area contributed by atoms with Gasteiger partial charge in [0.15, 0.2) is 0 Å². The standard InChI is InChI=1S/C15H32N2/c1-7-16-14(15(4,5)6)11-17(12(2)3)10-13-8-9-13/h12-14,16H,7-11H2,1-6H3. The summed E-state index contributed by atoms with van der Waals surface area (Å²) in [6.45, 7) is 17.4. The highest BCUT2D eigenvalue weighted by Crippen LogP contribution is 2.31. The Hall–Kier alpha value is -0.0800. The van der Waals surface area contributed by atoms with E-state index in [9.17, 15) is 0 Å². The molecule has 0 amide bonds. The van der Waals surface area contributed by atoms with Gasteiger partial charge in [-0.05, 0) is 44.6 Å². The zero-order valence-corrected chi connectivity index (χ0v) is 12.7. The Morgan fingerprint density at radius 1 is 1.24 bits per heavy atom. The molecule has 1 aliphatic rings. The number of nitrogens with zero attached hydrogens (tertiary/aromatic N) is 1. The molecule has 2 nitrogen and oxygen atoms in total. The highest BCUT2D eigenvalue weighted by Gasteiger charge is 2.30. The summed E-state index contributed by atoms with van der Waals surface area (Å²) >= 11 is 0. The van der Waals surface area contributed by atoms with E-state index in [1.54, 1.807) is 0 Å². The topological polar surface area (TPSA) is 15.3 Å². The van der Waals surface area contributed by atoms with E-state index >= 15 is 0 Å². The van der Waals surface area contributed by atoms with E-state index in [2.05, 4.69) is 51.8 Å². The van der Waals surface area contributed by atoms with Gasteiger partial charge in [-0.3, -0.25) is 4.90 Å². The first-order valence-electron chi connectivity index (χ1n) is 7.32. The van der Waals surface area contributed by atoms with Crippen LogP contribution in [-0.2, 0) is 0 Å². The van der Waals surface area contributed by atoms with Gasteiger partial charge in [-0.2, -0.15) is 0 Å². The number of likely N-dealkylation sites (N-methyl/N-ethyl adjacent to an activating group) is 1. The van der Waals surface area contributed by atoms with Crippen LogP contribution in [0, 0.1) is 11.3 Å². The maximum Gasteiger partial charge on any atom is 0.0243 e. The van der Waals surface area contributed by atoms with Crippen LogP contribution in [0.1, 0.15) is 54.4 Å². The van der Waals surface area contributed by atoms with Gasteiger partial charge in [0.1, 0.15) is 0 Å². The first-order valence-corrected chi connectivity index (χ1v) is 7.32. The Labute approximate surface area is 108 Å². The minimum Gasteiger partial charge on any atom is -0.312 e. The predicted molar refractivity (Wildman–Crippen MR) is 76.4 cm³/mol. The van der Waals surface area contributed by atoms with E-state index in [0.717, 1.165) is 12.5 Å². The van der Waals surface area contributed by atoms with E-state index in [-0.39, 0.29) is 0 Å². The number of nitrogens with one attached hydrogen (secondary N) is 1. The van der Waals surface area contributed by atoms with Crippen LogP contribution in [0.5, 0.6) is 0 Å². The summed E-state index contributed by atoms with van der Waals surface area (Å²) < 4.78 is 0. The van der Waals surface area contributed by atoms with Crippen LogP contribution in [0.25, 0.3) is 0 Å². The van der Waals surface area contributed by atoms with E-state index in [1.165, 1.54) is 25.9 Å². The molecule has 1 unspecified atom stereocenters. The summed E-state index contributed by atoms with van der Waals surface area (Å²) in [6.07, 6.45) is 2.90. The van der Waals surface area contributed by atoms with E-state index < -0.39 is 0 Å². The number of hydrogen-bond donors (Lipinski definition) is 1. The van der Waals surface area contributed by atoms with E-state index in [0.29, 0.717) is 17.5 Å². The fourth-order valence-electron chi connectivity index (χ4n) is 2.25. The smallest absolute Gasteiger partial charge is 0.0243 e. The third-order valence-electron chi connectivity index (χ3n) is 3.83. The average molecular weight is 240 g/mol. The summed E-state index contributed by atoms with van der Waals surface area (Å²) in [5.41, 5.74) is 0.340. The molecule has 1 N–H and O–H groups in total. The van der Waals surface area contributed by atoms with Gasteiger partial charge in [0.05, 0.1) is 0 Å². The SMILES string of the molecule is CCNC(CN(CC1CC1)C(C)C)C(C)(C)C. The third kappa shape index (κ3) is 5.39. The molecule has 17 heavy (non-hydrogen) atoms. The zero-order valence-electron chi connectivity index (χ0n) is 12.7. The second kappa shape index (κ2) is 6.19. The minimum atomic E-state index is 0.340. The second-order valence-electron chi connectivity index (χ2n) is 6.97. The van der Waals surface area contributed by atoms with Gasteiger partial charge in [-0.1, -0.05) is 27.7 Å². The van der Waals surface area contributed by atoms with Gasteiger partial charge >= 0.3 is 0 Å². The second-order valence-corrected chi connectivity index (χ2v) is 6.97. The van der Waals surface area contributed by atoms with Crippen LogP contribution in [0.2, 0.25) is 0 Å². The van der Waals surface area contributed by atoms with Gasteiger partial charge in [0.2, 0.25) is 0 Å². The van der Waals surface area contributed by atoms with Gasteiger partial charge < -0.3 is 5.32 Å². The van der Waals surface area contributed by atoms with Gasteiger partial charge in [-0.25, -0.2) is 0 Å². The minimum absolute atomic E-state index is 0.340. The Morgan fingerprint density at radius 2 is 1.82 bits per heavy atom. The molecule has 1 atom stereocenters. The van der Waals surface area contributed by atoms with Crippen LogP contribution in [-0.4, -0.2) is 36.6 Å². The molecule has 0 heterocycles. The van der Waals surface area contributed by atoms with Crippen molar-refractivity contribution >= 4 is 0 Å². The molecular formula is C15H32N2. The molecule has 0 aliphatic heterocycles. The Bertz CT molecular complexity index is 213. The van der Waals surface area contributed by atoms with Crippen LogP contribution < -0.4 is 5.32 Å². The quantitative estimate of drug-likeness (QED) is 0.735. The molecule has 0 aromatic heterocycles.